The highest BCUT2D eigenvalue weighted by Crippen LogP contribution is 1.98. The van der Waals surface area contributed by atoms with Gasteiger partial charge in [0.2, 0.25) is 0 Å². The van der Waals surface area contributed by atoms with Gasteiger partial charge in [-0.1, -0.05) is 0 Å². The van der Waals surface area contributed by atoms with Gasteiger partial charge in [-0.05, 0) is 12.1 Å². The van der Waals surface area contributed by atoms with Crippen molar-refractivity contribution in [3.05, 3.63) is 24.5 Å². The van der Waals surface area contributed by atoms with Gasteiger partial charge >= 0.3 is 8.25 Å². The van der Waals surface area contributed by atoms with Crippen LogP contribution in [0.4, 0.5) is 0 Å². The molecule has 0 atom stereocenters. The molecule has 0 saturated heterocycles. The molecule has 1 heterocycles. The molecular weight excluding hydrogens is 190 g/mol. The number of hydrogen-bond donors (Lipinski definition) is 2. The summed E-state index contributed by atoms with van der Waals surface area (Å²) in [5, 5.41) is 7.07. The molecule has 0 fully saturated rings. The summed E-state index contributed by atoms with van der Waals surface area (Å²) in [6.45, 7) is 0. The SMILES string of the molecule is Cl.O=[PH](O)O.c1ccnnc1. The molecule has 0 unspecified atom stereocenters. The second kappa shape index (κ2) is 9.52. The van der Waals surface area contributed by atoms with Gasteiger partial charge in [0.15, 0.2) is 0 Å². The van der Waals surface area contributed by atoms with E-state index in [-0.39, 0.29) is 12.4 Å². The lowest BCUT2D eigenvalue weighted by atomic mass is 10.6. The van der Waals surface area contributed by atoms with Gasteiger partial charge in [0.05, 0.1) is 0 Å². The molecule has 0 radical (unpaired) electrons. The van der Waals surface area contributed by atoms with Crippen LogP contribution >= 0.6 is 20.7 Å². The maximum Gasteiger partial charge on any atom is 0.314 e. The monoisotopic (exact) mass is 198 g/mol. The second-order valence-electron chi connectivity index (χ2n) is 1.20. The summed E-state index contributed by atoms with van der Waals surface area (Å²) in [7, 11) is -3.13. The number of rotatable bonds is 0. The van der Waals surface area contributed by atoms with Gasteiger partial charge in [-0.3, -0.25) is 4.57 Å². The topological polar surface area (TPSA) is 83.3 Å². The zero-order chi connectivity index (χ0) is 7.82. The highest BCUT2D eigenvalue weighted by atomic mass is 35.5. The lowest BCUT2D eigenvalue weighted by molar-refractivity contribution is 0.405. The van der Waals surface area contributed by atoms with Crippen molar-refractivity contribution in [3.63, 3.8) is 0 Å². The number of nitrogens with zero attached hydrogens (tertiary/aromatic N) is 2. The highest BCUT2D eigenvalue weighted by molar-refractivity contribution is 7.30. The molecule has 0 spiro atoms. The van der Waals surface area contributed by atoms with Crippen LogP contribution in [0.5, 0.6) is 0 Å². The van der Waals surface area contributed by atoms with E-state index >= 15 is 0 Å². The molecule has 11 heavy (non-hydrogen) atoms. The van der Waals surface area contributed by atoms with E-state index in [1.807, 2.05) is 12.1 Å². The Hall–Kier alpha value is -0.480. The fraction of sp³-hybridized carbons (Fsp3) is 0. The van der Waals surface area contributed by atoms with Gasteiger partial charge < -0.3 is 9.79 Å². The third kappa shape index (κ3) is 17.7. The molecule has 1 rings (SSSR count). The van der Waals surface area contributed by atoms with Crippen molar-refractivity contribution in [2.24, 2.45) is 0 Å². The van der Waals surface area contributed by atoms with E-state index in [1.165, 1.54) is 0 Å². The van der Waals surface area contributed by atoms with Gasteiger partial charge in [0, 0.05) is 12.4 Å². The molecule has 0 aromatic carbocycles. The van der Waals surface area contributed by atoms with Gasteiger partial charge in [-0.25, -0.2) is 0 Å². The smallest absolute Gasteiger partial charge is 0.314 e. The van der Waals surface area contributed by atoms with Crippen LogP contribution in [0.25, 0.3) is 0 Å². The summed E-state index contributed by atoms with van der Waals surface area (Å²) in [6, 6.07) is 3.65. The minimum Gasteiger partial charge on any atom is -0.326 e. The maximum atomic E-state index is 8.74. The summed E-state index contributed by atoms with van der Waals surface area (Å²) >= 11 is 0. The highest BCUT2D eigenvalue weighted by Gasteiger charge is 1.61. The summed E-state index contributed by atoms with van der Waals surface area (Å²) in [5.41, 5.74) is 0. The van der Waals surface area contributed by atoms with E-state index in [1.54, 1.807) is 12.4 Å². The Morgan fingerprint density at radius 2 is 1.36 bits per heavy atom. The first kappa shape index (κ1) is 13.1. The Bertz CT molecular complexity index is 155. The number of halogens is 1. The van der Waals surface area contributed by atoms with Crippen LogP contribution < -0.4 is 0 Å². The van der Waals surface area contributed by atoms with Crippen LogP contribution in [0, 0.1) is 0 Å². The Morgan fingerprint density at radius 3 is 1.45 bits per heavy atom. The van der Waals surface area contributed by atoms with Crippen LogP contribution in [0.1, 0.15) is 0 Å². The Labute approximate surface area is 70.5 Å². The maximum absolute atomic E-state index is 8.74. The van der Waals surface area contributed by atoms with E-state index in [0.717, 1.165) is 0 Å². The first-order chi connectivity index (χ1) is 4.73. The van der Waals surface area contributed by atoms with Gasteiger partial charge in [-0.2, -0.15) is 10.2 Å². The Kier molecular flexibility index (Phi) is 11.4. The molecule has 1 aromatic rings. The standard InChI is InChI=1S/C4H4N2.ClH.H3O3P/c1-2-4-6-5-3-1;;1-4(2)3/h1-4H;1H;4H,(H2,1,2,3). The van der Waals surface area contributed by atoms with E-state index < -0.39 is 8.25 Å². The molecule has 5 nitrogen and oxygen atoms in total. The van der Waals surface area contributed by atoms with Crippen LogP contribution in [0.2, 0.25) is 0 Å². The van der Waals surface area contributed by atoms with E-state index in [4.69, 9.17) is 14.4 Å². The minimum absolute atomic E-state index is 0. The van der Waals surface area contributed by atoms with Crippen LogP contribution in [-0.4, -0.2) is 20.0 Å². The van der Waals surface area contributed by atoms with Gasteiger partial charge in [0.25, 0.3) is 0 Å². The normalized spacial score (nSPS) is 7.55. The van der Waals surface area contributed by atoms with Crippen LogP contribution in [0.3, 0.4) is 0 Å². The van der Waals surface area contributed by atoms with Crippen LogP contribution in [-0.2, 0) is 4.57 Å². The molecule has 0 amide bonds. The zero-order valence-corrected chi connectivity index (χ0v) is 7.23. The molecular formula is C4H8ClN2O3P. The third-order valence-electron chi connectivity index (χ3n) is 0.483. The molecule has 0 aliphatic heterocycles. The molecule has 1 aromatic heterocycles. The summed E-state index contributed by atoms with van der Waals surface area (Å²) in [6.07, 6.45) is 3.28. The van der Waals surface area contributed by atoms with Crippen LogP contribution in [0.15, 0.2) is 24.5 Å². The fourth-order valence-corrected chi connectivity index (χ4v) is 0.253. The van der Waals surface area contributed by atoms with Gasteiger partial charge in [-0.15, -0.1) is 12.4 Å². The third-order valence-corrected chi connectivity index (χ3v) is 0.483. The molecule has 0 saturated carbocycles. The molecule has 64 valence electrons. The second-order valence-corrected chi connectivity index (χ2v) is 1.76. The van der Waals surface area contributed by atoms with Crippen molar-refractivity contribution in [3.8, 4) is 0 Å². The Morgan fingerprint density at radius 1 is 1.09 bits per heavy atom. The number of hydrogen-bond acceptors (Lipinski definition) is 3. The lowest BCUT2D eigenvalue weighted by Crippen LogP contribution is -1.69. The predicted molar refractivity (Wildman–Crippen MR) is 42.7 cm³/mol. The quantitative estimate of drug-likeness (QED) is 0.584. The molecule has 2 N–H and O–H groups in total. The number of aromatic nitrogens is 2. The minimum atomic E-state index is -3.13. The summed E-state index contributed by atoms with van der Waals surface area (Å²) in [4.78, 5) is 14.3. The van der Waals surface area contributed by atoms with Crippen molar-refractivity contribution in [1.82, 2.24) is 10.2 Å². The van der Waals surface area contributed by atoms with Crippen molar-refractivity contribution in [2.45, 2.75) is 0 Å². The first-order valence-corrected chi connectivity index (χ1v) is 3.67. The van der Waals surface area contributed by atoms with Crippen molar-refractivity contribution < 1.29 is 14.4 Å². The molecule has 0 aliphatic rings. The van der Waals surface area contributed by atoms with Crippen molar-refractivity contribution in [1.29, 1.82) is 0 Å². The largest absolute Gasteiger partial charge is 0.326 e. The van der Waals surface area contributed by atoms with E-state index in [0.29, 0.717) is 0 Å². The fourth-order valence-electron chi connectivity index (χ4n) is 0.253. The molecule has 0 aliphatic carbocycles. The first-order valence-electron chi connectivity index (χ1n) is 2.37. The summed E-state index contributed by atoms with van der Waals surface area (Å²) < 4.78 is 8.74. The average molecular weight is 199 g/mol. The predicted octanol–water partition coefficient (Wildman–Crippen LogP) is 0.259. The molecule has 0 bridgehead atoms. The molecule has 7 heteroatoms. The zero-order valence-electron chi connectivity index (χ0n) is 5.41. The summed E-state index contributed by atoms with van der Waals surface area (Å²) in [5.74, 6) is 0. The van der Waals surface area contributed by atoms with Crippen molar-refractivity contribution >= 4 is 20.7 Å². The average Bonchev–Trinajstić information content (AvgIpc) is 1.90. The van der Waals surface area contributed by atoms with E-state index in [2.05, 4.69) is 10.2 Å². The van der Waals surface area contributed by atoms with Gasteiger partial charge in [0.1, 0.15) is 0 Å². The lowest BCUT2D eigenvalue weighted by Gasteiger charge is -1.69. The van der Waals surface area contributed by atoms with Crippen molar-refractivity contribution in [2.75, 3.05) is 0 Å². The van der Waals surface area contributed by atoms with E-state index in [9.17, 15) is 0 Å². The Balaban J connectivity index is 0.